The lowest BCUT2D eigenvalue weighted by Gasteiger charge is -2.51. The maximum Gasteiger partial charge on any atom is 0.309 e. The van der Waals surface area contributed by atoms with Crippen LogP contribution in [-0.4, -0.2) is 179 Å². The van der Waals surface area contributed by atoms with Gasteiger partial charge in [-0.15, -0.1) is 5.10 Å². The van der Waals surface area contributed by atoms with E-state index in [2.05, 4.69) is 21.3 Å². The van der Waals surface area contributed by atoms with E-state index in [1.54, 1.807) is 33.2 Å². The highest BCUT2D eigenvalue weighted by Crippen LogP contribution is 2.45. The third-order valence-corrected chi connectivity index (χ3v) is 16.3. The molecular weight excluding hydrogens is 929 g/mol. The molecule has 1 aromatic carbocycles. The molecular formula is C53H90N6O13. The van der Waals surface area contributed by atoms with Gasteiger partial charge in [-0.2, -0.15) is 0 Å². The minimum absolute atomic E-state index is 0.178. The summed E-state index contributed by atoms with van der Waals surface area (Å²) in [6.07, 6.45) is -1.90. The molecule has 0 spiro atoms. The number of likely N-dealkylation sites (N-methyl/N-ethyl adjacent to an activating group) is 2. The van der Waals surface area contributed by atoms with Crippen LogP contribution in [-0.2, 0) is 46.4 Å². The van der Waals surface area contributed by atoms with Crippen molar-refractivity contribution in [1.82, 2.24) is 30.3 Å². The van der Waals surface area contributed by atoms with E-state index in [1.165, 1.54) is 14.0 Å². The van der Waals surface area contributed by atoms with Gasteiger partial charge >= 0.3 is 5.97 Å². The molecule has 3 saturated heterocycles. The fraction of sp³-hybridized carbons (Fsp3) is 0.811. The zero-order valence-electron chi connectivity index (χ0n) is 45.3. The molecule has 1 aromatic heterocycles. The molecule has 1 amide bonds. The quantitative estimate of drug-likeness (QED) is 0.0531. The van der Waals surface area contributed by atoms with Crippen molar-refractivity contribution in [3.05, 3.63) is 36.0 Å². The molecule has 2 aromatic rings. The van der Waals surface area contributed by atoms with Gasteiger partial charge in [-0.05, 0) is 111 Å². The zero-order chi connectivity index (χ0) is 53.5. The Labute approximate surface area is 427 Å². The Morgan fingerprint density at radius 2 is 1.68 bits per heavy atom. The van der Waals surface area contributed by atoms with Crippen LogP contribution in [0, 0.1) is 23.7 Å². The highest BCUT2D eigenvalue weighted by molar-refractivity contribution is 5.74. The highest BCUT2D eigenvalue weighted by Gasteiger charge is 2.55. The molecule has 3 fully saturated rings. The van der Waals surface area contributed by atoms with Crippen molar-refractivity contribution in [2.45, 2.75) is 224 Å². The van der Waals surface area contributed by atoms with Crippen molar-refractivity contribution in [2.75, 3.05) is 27.7 Å². The summed E-state index contributed by atoms with van der Waals surface area (Å²) < 4.78 is 34.1. The number of carbonyl (C=O) groups is 2. The SMILES string of the molecule is CC[C@H]1OC(=O)[C@H](C)[C@@H](C2C[C@@](C)(OC)[C@@H](O)[C@H](C)O2)[C@H](C)[C@@H](O[C@@H]2O[C@H](C)C[C@H](N(C)Cc3cccc(-c4cn(CCCCCCC(=O)NO)nn4)c3)[C@H]2O)[C@](C)(O)C[C@@H](C)CN(C)[C@H](C)[C@@H](O)[C@]1(C)O. The first-order valence-corrected chi connectivity index (χ1v) is 26.3. The summed E-state index contributed by atoms with van der Waals surface area (Å²) in [5, 5.41) is 77.8. The monoisotopic (exact) mass is 1020 g/mol. The van der Waals surface area contributed by atoms with Gasteiger partial charge in [0, 0.05) is 63.2 Å². The first-order valence-electron chi connectivity index (χ1n) is 26.3. The number of nitrogens with zero attached hydrogens (tertiary/aromatic N) is 5. The summed E-state index contributed by atoms with van der Waals surface area (Å²) in [7, 11) is 5.33. The Morgan fingerprint density at radius 3 is 2.35 bits per heavy atom. The Hall–Kier alpha value is -3.18. The van der Waals surface area contributed by atoms with E-state index >= 15 is 0 Å². The number of hydrogen-bond acceptors (Lipinski definition) is 17. The topological polar surface area (TPSA) is 251 Å². The summed E-state index contributed by atoms with van der Waals surface area (Å²) in [5.74, 6) is -3.55. The minimum atomic E-state index is -1.82. The molecule has 410 valence electrons. The molecule has 3 aliphatic rings. The number of esters is 1. The summed E-state index contributed by atoms with van der Waals surface area (Å²) in [5.41, 5.74) is -0.192. The lowest BCUT2D eigenvalue weighted by atomic mass is 9.68. The number of benzene rings is 1. The molecule has 19 heteroatoms. The molecule has 0 aliphatic carbocycles. The maximum absolute atomic E-state index is 14.6. The number of hydroxylamine groups is 1. The van der Waals surface area contributed by atoms with Gasteiger partial charge in [-0.25, -0.2) is 5.48 Å². The van der Waals surface area contributed by atoms with Gasteiger partial charge in [-0.1, -0.05) is 63.9 Å². The first-order chi connectivity index (χ1) is 33.8. The molecule has 0 bridgehead atoms. The number of hydrogen-bond donors (Lipinski definition) is 7. The van der Waals surface area contributed by atoms with Gasteiger partial charge < -0.3 is 54.1 Å². The second-order valence-corrected chi connectivity index (χ2v) is 22.5. The average molecular weight is 1020 g/mol. The number of nitrogens with one attached hydrogen (secondary N) is 1. The molecule has 0 radical (unpaired) electrons. The smallest absolute Gasteiger partial charge is 0.309 e. The molecule has 7 N–H and O–H groups in total. The fourth-order valence-corrected chi connectivity index (χ4v) is 12.0. The number of aryl methyl sites for hydroxylation is 1. The molecule has 18 atom stereocenters. The predicted octanol–water partition coefficient (Wildman–Crippen LogP) is 4.46. The van der Waals surface area contributed by atoms with Crippen LogP contribution in [0.2, 0.25) is 0 Å². The van der Waals surface area contributed by atoms with Crippen molar-refractivity contribution in [3.63, 3.8) is 0 Å². The Kier molecular flexibility index (Phi) is 21.2. The summed E-state index contributed by atoms with van der Waals surface area (Å²) in [6.45, 7) is 19.5. The molecule has 0 saturated carbocycles. The molecule has 3 aliphatic heterocycles. The number of aliphatic hydroxyl groups is 5. The van der Waals surface area contributed by atoms with Crippen molar-refractivity contribution in [1.29, 1.82) is 0 Å². The summed E-state index contributed by atoms with van der Waals surface area (Å²) in [6, 6.07) is 7.05. The van der Waals surface area contributed by atoms with Crippen molar-refractivity contribution in [2.24, 2.45) is 23.7 Å². The average Bonchev–Trinajstić information content (AvgIpc) is 3.81. The minimum Gasteiger partial charge on any atom is -0.459 e. The molecule has 4 heterocycles. The zero-order valence-corrected chi connectivity index (χ0v) is 45.3. The number of aromatic nitrogens is 3. The van der Waals surface area contributed by atoms with E-state index < -0.39 is 102 Å². The number of unbranched alkanes of at least 4 members (excludes halogenated alkanes) is 3. The van der Waals surface area contributed by atoms with Crippen LogP contribution in [0.25, 0.3) is 11.3 Å². The van der Waals surface area contributed by atoms with Crippen LogP contribution < -0.4 is 5.48 Å². The lowest BCUT2D eigenvalue weighted by Crippen LogP contribution is -2.62. The number of cyclic esters (lactones) is 1. The van der Waals surface area contributed by atoms with Crippen molar-refractivity contribution >= 4 is 11.9 Å². The number of rotatable bonds is 16. The summed E-state index contributed by atoms with van der Waals surface area (Å²) >= 11 is 0. The van der Waals surface area contributed by atoms with Crippen LogP contribution in [0.4, 0.5) is 0 Å². The Bertz CT molecular complexity index is 2020. The lowest BCUT2D eigenvalue weighted by molar-refractivity contribution is -0.303. The predicted molar refractivity (Wildman–Crippen MR) is 269 cm³/mol. The third-order valence-electron chi connectivity index (χ3n) is 16.3. The van der Waals surface area contributed by atoms with Crippen molar-refractivity contribution in [3.8, 4) is 11.3 Å². The Morgan fingerprint density at radius 1 is 0.986 bits per heavy atom. The van der Waals surface area contributed by atoms with E-state index in [0.717, 1.165) is 36.1 Å². The first kappa shape index (κ1) is 59.7. The second kappa shape index (κ2) is 25.6. The van der Waals surface area contributed by atoms with Gasteiger partial charge in [0.05, 0.1) is 47.7 Å². The van der Waals surface area contributed by atoms with E-state index in [4.69, 9.17) is 28.9 Å². The standard InChI is InChI=1S/C53H90N6O13/c1-14-42-53(10,66)46(62)35(6)57(11)28-31(2)26-51(8,65)48(33(4)44(34(5)49(64)71-42)41-27-52(9,68-13)47(63)36(7)70-41)72-50-45(61)40(24-32(3)69-50)58(12)29-37-20-19-21-38(25-37)39-30-59(56-54-39)23-18-16-15-17-22-43(60)55-67/h19-21,25,30-36,40-42,44-48,50,61-63,65-67H,14-18,22-24,26-29H2,1-13H3,(H,55,60)/t31-,32-,33+,34-,35-,36+,40+,41?,42-,44+,45-,46-,47+,48-,50+,51-,52-,53-/m1/s1. The van der Waals surface area contributed by atoms with Crippen LogP contribution >= 0.6 is 0 Å². The molecule has 5 rings (SSSR count). The van der Waals surface area contributed by atoms with Gasteiger partial charge in [0.2, 0.25) is 5.91 Å². The molecule has 72 heavy (non-hydrogen) atoms. The number of aliphatic hydroxyl groups excluding tert-OH is 3. The van der Waals surface area contributed by atoms with Gasteiger partial charge in [0.1, 0.15) is 35.7 Å². The number of ether oxygens (including phenoxy) is 5. The van der Waals surface area contributed by atoms with E-state index in [0.29, 0.717) is 32.5 Å². The largest absolute Gasteiger partial charge is 0.459 e. The van der Waals surface area contributed by atoms with E-state index in [-0.39, 0.29) is 43.6 Å². The molecule has 1 unspecified atom stereocenters. The van der Waals surface area contributed by atoms with Gasteiger partial charge in [0.25, 0.3) is 0 Å². The normalized spacial score (nSPS) is 39.0. The number of carbonyl (C=O) groups excluding carboxylic acids is 2. The number of methoxy groups -OCH3 is 1. The van der Waals surface area contributed by atoms with E-state index in [1.807, 2.05) is 82.7 Å². The number of amides is 1. The van der Waals surface area contributed by atoms with Crippen LogP contribution in [0.15, 0.2) is 30.5 Å². The van der Waals surface area contributed by atoms with Crippen molar-refractivity contribution < 1.29 is 64.0 Å². The van der Waals surface area contributed by atoms with Crippen LogP contribution in [0.5, 0.6) is 0 Å². The van der Waals surface area contributed by atoms with Gasteiger partial charge in [-0.3, -0.25) is 24.4 Å². The second-order valence-electron chi connectivity index (χ2n) is 22.5. The summed E-state index contributed by atoms with van der Waals surface area (Å²) in [4.78, 5) is 29.9. The van der Waals surface area contributed by atoms with E-state index in [9.17, 15) is 35.1 Å². The third kappa shape index (κ3) is 14.4. The highest BCUT2D eigenvalue weighted by atomic mass is 16.7. The maximum atomic E-state index is 14.6. The van der Waals surface area contributed by atoms with Crippen LogP contribution in [0.1, 0.15) is 133 Å². The Balaban J connectivity index is 1.44. The van der Waals surface area contributed by atoms with Crippen LogP contribution in [0.3, 0.4) is 0 Å². The van der Waals surface area contributed by atoms with Gasteiger partial charge in [0.15, 0.2) is 6.29 Å². The molecule has 19 nitrogen and oxygen atoms in total. The fourth-order valence-electron chi connectivity index (χ4n) is 12.0.